The fourth-order valence-electron chi connectivity index (χ4n) is 2.30. The number of rotatable bonds is 2. The molecule has 3 rings (SSSR count). The minimum Gasteiger partial charge on any atom is -0.461 e. The van der Waals surface area contributed by atoms with E-state index in [9.17, 15) is 9.18 Å². The van der Waals surface area contributed by atoms with Crippen LogP contribution in [0.3, 0.4) is 0 Å². The maximum absolute atomic E-state index is 13.2. The molecule has 0 fully saturated rings. The lowest BCUT2D eigenvalue weighted by atomic mass is 9.96. The summed E-state index contributed by atoms with van der Waals surface area (Å²) in [6.07, 6.45) is 0. The summed E-state index contributed by atoms with van der Waals surface area (Å²) in [5.74, 6) is -0.816. The molecule has 0 N–H and O–H groups in total. The average Bonchev–Trinajstić information content (AvgIpc) is 2.46. The molecule has 1 aliphatic heterocycles. The number of benzene rings is 2. The van der Waals surface area contributed by atoms with E-state index in [1.54, 1.807) is 25.1 Å². The van der Waals surface area contributed by atoms with Crippen LogP contribution in [0.5, 0.6) is 0 Å². The number of oxime groups is 1. The van der Waals surface area contributed by atoms with E-state index in [1.165, 1.54) is 12.1 Å². The lowest BCUT2D eigenvalue weighted by molar-refractivity contribution is -0.135. The van der Waals surface area contributed by atoms with E-state index in [1.807, 2.05) is 0 Å². The zero-order chi connectivity index (χ0) is 14.1. The normalized spacial score (nSPS) is 13.4. The van der Waals surface area contributed by atoms with Crippen LogP contribution in [0.25, 0.3) is 10.8 Å². The maximum atomic E-state index is 13.2. The fraction of sp³-hybridized carbons (Fsp3) is 0.200. The van der Waals surface area contributed by atoms with Crippen LogP contribution in [0.4, 0.5) is 4.39 Å². The number of carbonyl (C=O) groups excluding carboxylic acids is 1. The Labute approximate surface area is 114 Å². The van der Waals surface area contributed by atoms with Crippen LogP contribution in [0, 0.1) is 5.82 Å². The van der Waals surface area contributed by atoms with Gasteiger partial charge < -0.3 is 9.57 Å². The van der Waals surface area contributed by atoms with Gasteiger partial charge in [0, 0.05) is 11.1 Å². The van der Waals surface area contributed by atoms with Crippen molar-refractivity contribution >= 4 is 22.5 Å². The van der Waals surface area contributed by atoms with Crippen molar-refractivity contribution in [3.8, 4) is 0 Å². The van der Waals surface area contributed by atoms with Crippen LogP contribution >= 0.6 is 0 Å². The van der Waals surface area contributed by atoms with Gasteiger partial charge in [-0.1, -0.05) is 23.4 Å². The van der Waals surface area contributed by atoms with Gasteiger partial charge >= 0.3 is 5.97 Å². The Morgan fingerprint density at radius 2 is 2.25 bits per heavy atom. The molecule has 1 aliphatic rings. The van der Waals surface area contributed by atoms with Crippen LogP contribution < -0.4 is 0 Å². The largest absolute Gasteiger partial charge is 0.461 e. The topological polar surface area (TPSA) is 47.9 Å². The van der Waals surface area contributed by atoms with Crippen LogP contribution in [0.2, 0.25) is 0 Å². The predicted octanol–water partition coefficient (Wildman–Crippen LogP) is 2.78. The molecule has 2 aromatic carbocycles. The second kappa shape index (κ2) is 4.92. The highest BCUT2D eigenvalue weighted by Crippen LogP contribution is 2.27. The number of hydrogen-bond donors (Lipinski definition) is 0. The SMILES string of the molecule is CCOC(=O)C1=NOCc2c1ccc1cc(F)ccc21. The fourth-order valence-corrected chi connectivity index (χ4v) is 2.30. The molecule has 5 heteroatoms. The van der Waals surface area contributed by atoms with Crippen LogP contribution in [-0.2, 0) is 21.0 Å². The van der Waals surface area contributed by atoms with Crippen molar-refractivity contribution in [2.24, 2.45) is 5.16 Å². The van der Waals surface area contributed by atoms with Crippen molar-refractivity contribution in [2.75, 3.05) is 6.61 Å². The second-order valence-corrected chi connectivity index (χ2v) is 4.39. The van der Waals surface area contributed by atoms with E-state index in [0.29, 0.717) is 5.56 Å². The van der Waals surface area contributed by atoms with E-state index in [4.69, 9.17) is 9.57 Å². The molecule has 4 nitrogen and oxygen atoms in total. The molecule has 2 aromatic rings. The highest BCUT2D eigenvalue weighted by molar-refractivity contribution is 6.44. The van der Waals surface area contributed by atoms with Crippen molar-refractivity contribution in [1.82, 2.24) is 0 Å². The Balaban J connectivity index is 2.15. The summed E-state index contributed by atoms with van der Waals surface area (Å²) >= 11 is 0. The molecule has 0 saturated heterocycles. The van der Waals surface area contributed by atoms with E-state index in [2.05, 4.69) is 5.16 Å². The molecule has 0 spiro atoms. The quantitative estimate of drug-likeness (QED) is 0.790. The maximum Gasteiger partial charge on any atom is 0.361 e. The van der Waals surface area contributed by atoms with Gasteiger partial charge in [0.1, 0.15) is 12.4 Å². The highest BCUT2D eigenvalue weighted by Gasteiger charge is 2.24. The summed E-state index contributed by atoms with van der Waals surface area (Å²) in [4.78, 5) is 17.0. The molecule has 0 aromatic heterocycles. The number of carbonyl (C=O) groups is 1. The molecular formula is C15H12FNO3. The van der Waals surface area contributed by atoms with Crippen LogP contribution in [-0.4, -0.2) is 18.3 Å². The van der Waals surface area contributed by atoms with Gasteiger partial charge in [0.15, 0.2) is 5.71 Å². The molecule has 20 heavy (non-hydrogen) atoms. The van der Waals surface area contributed by atoms with Gasteiger partial charge in [-0.25, -0.2) is 9.18 Å². The molecule has 0 atom stereocenters. The summed E-state index contributed by atoms with van der Waals surface area (Å²) in [5.41, 5.74) is 1.65. The summed E-state index contributed by atoms with van der Waals surface area (Å²) in [7, 11) is 0. The van der Waals surface area contributed by atoms with Crippen LogP contribution in [0.15, 0.2) is 35.5 Å². The summed E-state index contributed by atoms with van der Waals surface area (Å²) in [6, 6.07) is 8.03. The molecule has 0 saturated carbocycles. The first-order chi connectivity index (χ1) is 9.70. The lowest BCUT2D eigenvalue weighted by Gasteiger charge is -2.17. The van der Waals surface area contributed by atoms with Crippen molar-refractivity contribution in [3.05, 3.63) is 47.3 Å². The van der Waals surface area contributed by atoms with Gasteiger partial charge in [0.05, 0.1) is 6.61 Å². The van der Waals surface area contributed by atoms with E-state index in [0.717, 1.165) is 16.3 Å². The molecule has 0 unspecified atom stereocenters. The third-order valence-electron chi connectivity index (χ3n) is 3.18. The molecule has 102 valence electrons. The first-order valence-corrected chi connectivity index (χ1v) is 6.29. The second-order valence-electron chi connectivity index (χ2n) is 4.39. The Bertz CT molecular complexity index is 724. The average molecular weight is 273 g/mol. The monoisotopic (exact) mass is 273 g/mol. The Morgan fingerprint density at radius 3 is 3.05 bits per heavy atom. The van der Waals surface area contributed by atoms with Gasteiger partial charge in [0.25, 0.3) is 0 Å². The minimum atomic E-state index is -0.519. The summed E-state index contributed by atoms with van der Waals surface area (Å²) in [6.45, 7) is 2.25. The zero-order valence-corrected chi connectivity index (χ0v) is 10.9. The first kappa shape index (κ1) is 12.6. The molecule has 0 aliphatic carbocycles. The van der Waals surface area contributed by atoms with Crippen LogP contribution in [0.1, 0.15) is 18.1 Å². The number of hydrogen-bond acceptors (Lipinski definition) is 4. The Hall–Kier alpha value is -2.43. The third kappa shape index (κ3) is 2.01. The standard InChI is InChI=1S/C15H12FNO3/c1-2-19-15(18)14-12-5-3-9-7-10(16)4-6-11(9)13(12)8-20-17-14/h3-7H,2,8H2,1H3. The Kier molecular flexibility index (Phi) is 3.10. The summed E-state index contributed by atoms with van der Waals surface area (Å²) < 4.78 is 18.2. The van der Waals surface area contributed by atoms with Gasteiger partial charge in [-0.05, 0) is 29.8 Å². The minimum absolute atomic E-state index is 0.152. The molecule has 0 amide bonds. The third-order valence-corrected chi connectivity index (χ3v) is 3.18. The van der Waals surface area contributed by atoms with Gasteiger partial charge in [0.2, 0.25) is 0 Å². The van der Waals surface area contributed by atoms with Crippen molar-refractivity contribution < 1.29 is 18.8 Å². The lowest BCUT2D eigenvalue weighted by Crippen LogP contribution is -2.23. The smallest absolute Gasteiger partial charge is 0.361 e. The van der Waals surface area contributed by atoms with E-state index < -0.39 is 5.97 Å². The summed E-state index contributed by atoms with van der Waals surface area (Å²) in [5, 5.41) is 5.39. The van der Waals surface area contributed by atoms with Crippen molar-refractivity contribution in [2.45, 2.75) is 13.5 Å². The van der Waals surface area contributed by atoms with E-state index >= 15 is 0 Å². The van der Waals surface area contributed by atoms with Gasteiger partial charge in [-0.15, -0.1) is 0 Å². The number of halogens is 1. The highest BCUT2D eigenvalue weighted by atomic mass is 19.1. The van der Waals surface area contributed by atoms with Gasteiger partial charge in [-0.3, -0.25) is 0 Å². The van der Waals surface area contributed by atoms with Gasteiger partial charge in [-0.2, -0.15) is 0 Å². The number of esters is 1. The van der Waals surface area contributed by atoms with E-state index in [-0.39, 0.29) is 24.7 Å². The number of ether oxygens (including phenoxy) is 1. The van der Waals surface area contributed by atoms with Crippen molar-refractivity contribution in [1.29, 1.82) is 0 Å². The molecule has 0 radical (unpaired) electrons. The predicted molar refractivity (Wildman–Crippen MR) is 71.9 cm³/mol. The Morgan fingerprint density at radius 1 is 1.40 bits per heavy atom. The van der Waals surface area contributed by atoms with Crippen molar-refractivity contribution in [3.63, 3.8) is 0 Å². The zero-order valence-electron chi connectivity index (χ0n) is 10.9. The number of fused-ring (bicyclic) bond motifs is 3. The molecule has 0 bridgehead atoms. The molecular weight excluding hydrogens is 261 g/mol. The first-order valence-electron chi connectivity index (χ1n) is 6.29. The number of nitrogens with zero attached hydrogens (tertiary/aromatic N) is 1. The molecule has 1 heterocycles.